The first-order valence-corrected chi connectivity index (χ1v) is 7.02. The number of carbonyl (C=O) groups is 2. The second-order valence-electron chi connectivity index (χ2n) is 5.33. The summed E-state index contributed by atoms with van der Waals surface area (Å²) in [5, 5.41) is 11.5. The minimum atomic E-state index is -0.944. The fraction of sp³-hybridized carbons (Fsp3) is 0.375. The Morgan fingerprint density at radius 1 is 1.38 bits per heavy atom. The van der Waals surface area contributed by atoms with Crippen LogP contribution in [0.4, 0.5) is 0 Å². The summed E-state index contributed by atoms with van der Waals surface area (Å²) in [5.74, 6) is -0.920. The number of amides is 1. The van der Waals surface area contributed by atoms with Gasteiger partial charge in [-0.2, -0.15) is 0 Å². The van der Waals surface area contributed by atoms with Crippen LogP contribution in [-0.4, -0.2) is 41.0 Å². The number of likely N-dealkylation sites (tertiary alicyclic amines) is 1. The van der Waals surface area contributed by atoms with E-state index in [4.69, 9.17) is 5.11 Å². The van der Waals surface area contributed by atoms with Gasteiger partial charge in [-0.1, -0.05) is 24.3 Å². The quantitative estimate of drug-likeness (QED) is 0.806. The number of nitrogens with one attached hydrogen (secondary N) is 1. The molecule has 0 aliphatic carbocycles. The van der Waals surface area contributed by atoms with E-state index in [2.05, 4.69) is 10.2 Å². The molecule has 1 amide bonds. The van der Waals surface area contributed by atoms with E-state index in [0.717, 1.165) is 37.7 Å². The molecule has 2 N–H and O–H groups in total. The fourth-order valence-electron chi connectivity index (χ4n) is 2.54. The van der Waals surface area contributed by atoms with E-state index in [-0.39, 0.29) is 11.9 Å². The van der Waals surface area contributed by atoms with Crippen molar-refractivity contribution < 1.29 is 14.7 Å². The van der Waals surface area contributed by atoms with Gasteiger partial charge >= 0.3 is 5.97 Å². The second-order valence-corrected chi connectivity index (χ2v) is 5.33. The van der Waals surface area contributed by atoms with E-state index in [9.17, 15) is 9.59 Å². The molecule has 0 radical (unpaired) electrons. The molecule has 0 aromatic heterocycles. The van der Waals surface area contributed by atoms with Gasteiger partial charge in [0, 0.05) is 38.7 Å². The van der Waals surface area contributed by atoms with Crippen LogP contribution in [0.5, 0.6) is 0 Å². The van der Waals surface area contributed by atoms with Crippen molar-refractivity contribution in [1.29, 1.82) is 0 Å². The molecule has 0 spiro atoms. The largest absolute Gasteiger partial charge is 0.478 e. The van der Waals surface area contributed by atoms with Crippen LogP contribution in [0.2, 0.25) is 0 Å². The van der Waals surface area contributed by atoms with Gasteiger partial charge in [-0.05, 0) is 23.6 Å². The van der Waals surface area contributed by atoms with Crippen molar-refractivity contribution in [2.75, 3.05) is 13.1 Å². The van der Waals surface area contributed by atoms with E-state index in [1.54, 1.807) is 13.0 Å². The maximum Gasteiger partial charge on any atom is 0.328 e. The van der Waals surface area contributed by atoms with Crippen LogP contribution in [0.15, 0.2) is 30.3 Å². The molecule has 5 heteroatoms. The highest BCUT2D eigenvalue weighted by molar-refractivity contribution is 5.85. The van der Waals surface area contributed by atoms with Gasteiger partial charge in [0.15, 0.2) is 0 Å². The van der Waals surface area contributed by atoms with Crippen LogP contribution < -0.4 is 5.32 Å². The minimum Gasteiger partial charge on any atom is -0.478 e. The van der Waals surface area contributed by atoms with E-state index in [0.29, 0.717) is 0 Å². The Labute approximate surface area is 124 Å². The molecular formula is C16H20N2O3. The van der Waals surface area contributed by atoms with Gasteiger partial charge in [0.2, 0.25) is 5.91 Å². The summed E-state index contributed by atoms with van der Waals surface area (Å²) in [6.07, 6.45) is 3.70. The van der Waals surface area contributed by atoms with E-state index < -0.39 is 5.97 Å². The van der Waals surface area contributed by atoms with Crippen molar-refractivity contribution in [3.8, 4) is 0 Å². The van der Waals surface area contributed by atoms with Crippen molar-refractivity contribution in [3.05, 3.63) is 41.5 Å². The molecule has 0 saturated carbocycles. The Bertz CT molecular complexity index is 537. The van der Waals surface area contributed by atoms with Crippen molar-refractivity contribution >= 4 is 18.0 Å². The normalized spacial score (nSPS) is 19.0. The lowest BCUT2D eigenvalue weighted by atomic mass is 10.1. The molecule has 112 valence electrons. The smallest absolute Gasteiger partial charge is 0.328 e. The Balaban J connectivity index is 1.86. The molecule has 1 unspecified atom stereocenters. The highest BCUT2D eigenvalue weighted by atomic mass is 16.4. The SMILES string of the molecule is CC(=O)NC1CCN(Cc2ccc(/C=C/C(=O)O)cc2)C1. The topological polar surface area (TPSA) is 69.6 Å². The number of carboxylic acids is 1. The van der Waals surface area contributed by atoms with Crippen LogP contribution in [0.25, 0.3) is 6.08 Å². The monoisotopic (exact) mass is 288 g/mol. The van der Waals surface area contributed by atoms with Crippen LogP contribution in [0, 0.1) is 0 Å². The van der Waals surface area contributed by atoms with Gasteiger partial charge in [-0.25, -0.2) is 4.79 Å². The zero-order valence-electron chi connectivity index (χ0n) is 12.1. The van der Waals surface area contributed by atoms with Crippen LogP contribution in [-0.2, 0) is 16.1 Å². The van der Waals surface area contributed by atoms with Crippen molar-refractivity contribution in [1.82, 2.24) is 10.2 Å². The third-order valence-electron chi connectivity index (χ3n) is 3.48. The van der Waals surface area contributed by atoms with Gasteiger partial charge in [-0.3, -0.25) is 9.69 Å². The van der Waals surface area contributed by atoms with Crippen molar-refractivity contribution in [2.45, 2.75) is 25.9 Å². The molecule has 1 aliphatic rings. The Morgan fingerprint density at radius 3 is 2.71 bits per heavy atom. The zero-order valence-corrected chi connectivity index (χ0v) is 12.1. The molecule has 1 aromatic carbocycles. The third kappa shape index (κ3) is 5.04. The van der Waals surface area contributed by atoms with Crippen molar-refractivity contribution in [3.63, 3.8) is 0 Å². The minimum absolute atomic E-state index is 0.0245. The average molecular weight is 288 g/mol. The number of aliphatic carboxylic acids is 1. The average Bonchev–Trinajstić information content (AvgIpc) is 2.84. The molecular weight excluding hydrogens is 268 g/mol. The highest BCUT2D eigenvalue weighted by Gasteiger charge is 2.22. The number of hydrogen-bond donors (Lipinski definition) is 2. The first-order valence-electron chi connectivity index (χ1n) is 7.02. The van der Waals surface area contributed by atoms with E-state index >= 15 is 0 Å². The standard InChI is InChI=1S/C16H20N2O3/c1-12(19)17-15-8-9-18(11-15)10-14-4-2-13(3-5-14)6-7-16(20)21/h2-7,15H,8-11H2,1H3,(H,17,19)(H,20,21)/b7-6+. The fourth-order valence-corrected chi connectivity index (χ4v) is 2.54. The molecule has 1 heterocycles. The molecule has 2 rings (SSSR count). The number of benzene rings is 1. The number of rotatable bonds is 5. The molecule has 1 aromatic rings. The summed E-state index contributed by atoms with van der Waals surface area (Å²) in [4.78, 5) is 23.8. The maximum atomic E-state index is 11.0. The Kier molecular flexibility index (Phi) is 5.11. The summed E-state index contributed by atoms with van der Waals surface area (Å²) in [6, 6.07) is 8.09. The molecule has 1 aliphatic heterocycles. The molecule has 21 heavy (non-hydrogen) atoms. The van der Waals surface area contributed by atoms with Crippen LogP contribution in [0.3, 0.4) is 0 Å². The predicted molar refractivity (Wildman–Crippen MR) is 80.6 cm³/mol. The molecule has 1 atom stereocenters. The van der Waals surface area contributed by atoms with Gasteiger partial charge in [-0.15, -0.1) is 0 Å². The molecule has 1 saturated heterocycles. The zero-order chi connectivity index (χ0) is 15.2. The summed E-state index contributed by atoms with van der Waals surface area (Å²) in [6.45, 7) is 4.25. The van der Waals surface area contributed by atoms with Crippen LogP contribution in [0.1, 0.15) is 24.5 Å². The lowest BCUT2D eigenvalue weighted by molar-refractivity contribution is -0.131. The lowest BCUT2D eigenvalue weighted by Gasteiger charge is -2.16. The summed E-state index contributed by atoms with van der Waals surface area (Å²) < 4.78 is 0. The van der Waals surface area contributed by atoms with E-state index in [1.807, 2.05) is 24.3 Å². The Morgan fingerprint density at radius 2 is 2.10 bits per heavy atom. The number of nitrogens with zero attached hydrogens (tertiary/aromatic N) is 1. The van der Waals surface area contributed by atoms with Gasteiger partial charge in [0.25, 0.3) is 0 Å². The molecule has 0 bridgehead atoms. The van der Waals surface area contributed by atoms with Gasteiger partial charge < -0.3 is 10.4 Å². The van der Waals surface area contributed by atoms with Gasteiger partial charge in [0.1, 0.15) is 0 Å². The lowest BCUT2D eigenvalue weighted by Crippen LogP contribution is -2.35. The first-order chi connectivity index (χ1) is 10.0. The third-order valence-corrected chi connectivity index (χ3v) is 3.48. The number of carboxylic acid groups (broad SMARTS) is 1. The summed E-state index contributed by atoms with van der Waals surface area (Å²) in [7, 11) is 0. The van der Waals surface area contributed by atoms with Crippen LogP contribution >= 0.6 is 0 Å². The van der Waals surface area contributed by atoms with Crippen molar-refractivity contribution in [2.24, 2.45) is 0 Å². The van der Waals surface area contributed by atoms with E-state index in [1.165, 1.54) is 5.56 Å². The predicted octanol–water partition coefficient (Wildman–Crippen LogP) is 1.49. The maximum absolute atomic E-state index is 11.0. The first kappa shape index (κ1) is 15.3. The molecule has 1 fully saturated rings. The highest BCUT2D eigenvalue weighted by Crippen LogP contribution is 2.14. The second kappa shape index (κ2) is 7.04. The number of carbonyl (C=O) groups excluding carboxylic acids is 1. The number of hydrogen-bond acceptors (Lipinski definition) is 3. The van der Waals surface area contributed by atoms with Gasteiger partial charge in [0.05, 0.1) is 0 Å². The molecule has 5 nitrogen and oxygen atoms in total. The summed E-state index contributed by atoms with van der Waals surface area (Å²) >= 11 is 0. The summed E-state index contributed by atoms with van der Waals surface area (Å²) in [5.41, 5.74) is 2.06. The Hall–Kier alpha value is -2.14.